The van der Waals surface area contributed by atoms with E-state index in [1.54, 1.807) is 32.0 Å². The third-order valence-corrected chi connectivity index (χ3v) is 7.01. The van der Waals surface area contributed by atoms with Gasteiger partial charge < -0.3 is 14.2 Å². The number of sulfonamides is 1. The number of nitrogens with zero attached hydrogens (tertiary/aromatic N) is 1. The minimum Gasteiger partial charge on any atom is -0.496 e. The summed E-state index contributed by atoms with van der Waals surface area (Å²) in [6.45, 7) is 4.62. The van der Waals surface area contributed by atoms with Crippen LogP contribution >= 0.6 is 0 Å². The molecule has 0 heterocycles. The van der Waals surface area contributed by atoms with Crippen molar-refractivity contribution < 1.29 is 32.2 Å². The second kappa shape index (κ2) is 9.93. The normalized spacial score (nSPS) is 12.4. The molecular weight excluding hydrogens is 422 g/mol. The number of rotatable bonds is 8. The highest BCUT2D eigenvalue weighted by atomic mass is 32.2. The van der Waals surface area contributed by atoms with E-state index < -0.39 is 34.5 Å². The van der Waals surface area contributed by atoms with Crippen LogP contribution in [0, 0.1) is 13.8 Å². The maximum absolute atomic E-state index is 13.5. The molecule has 1 unspecified atom stereocenters. The standard InChI is InChI=1S/C22H27NO7S/c1-14-7-9-17(10-8-14)31(26,27)23(13-20(24)29-5)16(3)21-15(2)19(28-4)12-11-18(21)22(25)30-6/h7-12,16H,13H2,1-6H3. The molecule has 2 aromatic rings. The number of hydrogen-bond donors (Lipinski definition) is 0. The molecule has 0 aliphatic carbocycles. The number of ether oxygens (including phenoxy) is 3. The average molecular weight is 450 g/mol. The maximum atomic E-state index is 13.5. The fraction of sp³-hybridized carbons (Fsp3) is 0.364. The fourth-order valence-electron chi connectivity index (χ4n) is 3.37. The van der Waals surface area contributed by atoms with Gasteiger partial charge in [0.25, 0.3) is 0 Å². The Morgan fingerprint density at radius 2 is 1.58 bits per heavy atom. The first-order valence-electron chi connectivity index (χ1n) is 9.49. The lowest BCUT2D eigenvalue weighted by Crippen LogP contribution is -2.39. The first-order chi connectivity index (χ1) is 14.6. The molecule has 9 heteroatoms. The number of benzene rings is 2. The first kappa shape index (κ1) is 24.4. The van der Waals surface area contributed by atoms with Gasteiger partial charge in [-0.1, -0.05) is 17.7 Å². The van der Waals surface area contributed by atoms with Gasteiger partial charge in [0.05, 0.1) is 31.8 Å². The summed E-state index contributed by atoms with van der Waals surface area (Å²) in [5.41, 5.74) is 2.02. The molecule has 2 rings (SSSR count). The predicted molar refractivity (Wildman–Crippen MR) is 115 cm³/mol. The van der Waals surface area contributed by atoms with Crippen molar-refractivity contribution in [2.45, 2.75) is 31.7 Å². The summed E-state index contributed by atoms with van der Waals surface area (Å²) in [7, 11) is -0.218. The van der Waals surface area contributed by atoms with Crippen LogP contribution in [0.1, 0.15) is 40.0 Å². The molecule has 0 spiro atoms. The average Bonchev–Trinajstić information content (AvgIpc) is 2.76. The smallest absolute Gasteiger partial charge is 0.338 e. The number of esters is 2. The predicted octanol–water partition coefficient (Wildman–Crippen LogP) is 3.02. The zero-order valence-electron chi connectivity index (χ0n) is 18.5. The fourth-order valence-corrected chi connectivity index (χ4v) is 4.92. The van der Waals surface area contributed by atoms with Crippen LogP contribution in [0.2, 0.25) is 0 Å². The van der Waals surface area contributed by atoms with Gasteiger partial charge in [-0.3, -0.25) is 4.79 Å². The molecule has 31 heavy (non-hydrogen) atoms. The van der Waals surface area contributed by atoms with Gasteiger partial charge in [0.2, 0.25) is 10.0 Å². The maximum Gasteiger partial charge on any atom is 0.338 e. The lowest BCUT2D eigenvalue weighted by Gasteiger charge is -2.30. The molecule has 0 bridgehead atoms. The van der Waals surface area contributed by atoms with E-state index in [9.17, 15) is 18.0 Å². The monoisotopic (exact) mass is 449 g/mol. The Labute approximate surface area is 182 Å². The van der Waals surface area contributed by atoms with Crippen LogP contribution in [-0.2, 0) is 24.3 Å². The van der Waals surface area contributed by atoms with Crippen molar-refractivity contribution in [3.8, 4) is 5.75 Å². The van der Waals surface area contributed by atoms with Crippen molar-refractivity contribution in [1.82, 2.24) is 4.31 Å². The molecule has 0 aromatic heterocycles. The van der Waals surface area contributed by atoms with Crippen LogP contribution in [0.25, 0.3) is 0 Å². The van der Waals surface area contributed by atoms with Gasteiger partial charge in [0, 0.05) is 6.04 Å². The van der Waals surface area contributed by atoms with Gasteiger partial charge in [0.1, 0.15) is 12.3 Å². The number of methoxy groups -OCH3 is 3. The molecule has 0 amide bonds. The molecule has 0 saturated heterocycles. The molecule has 0 aliphatic rings. The summed E-state index contributed by atoms with van der Waals surface area (Å²) < 4.78 is 43.0. The van der Waals surface area contributed by atoms with Crippen LogP contribution in [0.4, 0.5) is 0 Å². The zero-order valence-corrected chi connectivity index (χ0v) is 19.3. The van der Waals surface area contributed by atoms with E-state index in [1.807, 2.05) is 6.92 Å². The molecule has 8 nitrogen and oxygen atoms in total. The topological polar surface area (TPSA) is 99.2 Å². The van der Waals surface area contributed by atoms with Crippen molar-refractivity contribution in [1.29, 1.82) is 0 Å². The first-order valence-corrected chi connectivity index (χ1v) is 10.9. The Hall–Kier alpha value is -2.91. The number of carbonyl (C=O) groups excluding carboxylic acids is 2. The number of carbonyl (C=O) groups is 2. The minimum atomic E-state index is -4.12. The van der Waals surface area contributed by atoms with Crippen LogP contribution in [0.3, 0.4) is 0 Å². The Morgan fingerprint density at radius 1 is 0.968 bits per heavy atom. The highest BCUT2D eigenvalue weighted by molar-refractivity contribution is 7.89. The van der Waals surface area contributed by atoms with Crippen molar-refractivity contribution in [2.75, 3.05) is 27.9 Å². The third kappa shape index (κ3) is 5.05. The summed E-state index contributed by atoms with van der Waals surface area (Å²) in [5, 5.41) is 0. The molecule has 0 saturated carbocycles. The molecule has 0 N–H and O–H groups in total. The van der Waals surface area contributed by atoms with Crippen molar-refractivity contribution in [2.24, 2.45) is 0 Å². The Kier molecular flexibility index (Phi) is 7.80. The third-order valence-electron chi connectivity index (χ3n) is 5.08. The zero-order chi connectivity index (χ0) is 23.3. The molecular formula is C22H27NO7S. The Bertz CT molecular complexity index is 1060. The molecule has 0 fully saturated rings. The van der Waals surface area contributed by atoms with Gasteiger partial charge in [-0.05, 0) is 56.2 Å². The molecule has 168 valence electrons. The van der Waals surface area contributed by atoms with Crippen LogP contribution in [0.15, 0.2) is 41.3 Å². The van der Waals surface area contributed by atoms with Gasteiger partial charge >= 0.3 is 11.9 Å². The van der Waals surface area contributed by atoms with Crippen molar-refractivity contribution in [3.63, 3.8) is 0 Å². The number of aryl methyl sites for hydroxylation is 1. The van der Waals surface area contributed by atoms with Crippen molar-refractivity contribution >= 4 is 22.0 Å². The lowest BCUT2D eigenvalue weighted by molar-refractivity contribution is -0.141. The van der Waals surface area contributed by atoms with E-state index >= 15 is 0 Å². The minimum absolute atomic E-state index is 0.0222. The van der Waals surface area contributed by atoms with E-state index in [1.165, 1.54) is 39.5 Å². The van der Waals surface area contributed by atoms with Gasteiger partial charge in [-0.15, -0.1) is 0 Å². The van der Waals surface area contributed by atoms with Crippen LogP contribution in [-0.4, -0.2) is 52.5 Å². The summed E-state index contributed by atoms with van der Waals surface area (Å²) in [6.07, 6.45) is 0. The molecule has 1 atom stereocenters. The Balaban J connectivity index is 2.72. The lowest BCUT2D eigenvalue weighted by atomic mass is 9.95. The molecule has 0 radical (unpaired) electrons. The Morgan fingerprint density at radius 3 is 2.10 bits per heavy atom. The summed E-state index contributed by atoms with van der Waals surface area (Å²) in [4.78, 5) is 24.6. The van der Waals surface area contributed by atoms with E-state index in [-0.39, 0.29) is 10.5 Å². The van der Waals surface area contributed by atoms with Crippen LogP contribution in [0.5, 0.6) is 5.75 Å². The second-order valence-corrected chi connectivity index (χ2v) is 8.85. The highest BCUT2D eigenvalue weighted by Gasteiger charge is 2.35. The largest absolute Gasteiger partial charge is 0.496 e. The summed E-state index contributed by atoms with van der Waals surface area (Å²) in [6, 6.07) is 8.50. The quantitative estimate of drug-likeness (QED) is 0.571. The summed E-state index contributed by atoms with van der Waals surface area (Å²) >= 11 is 0. The number of hydrogen-bond acceptors (Lipinski definition) is 7. The van der Waals surface area contributed by atoms with Gasteiger partial charge in [0.15, 0.2) is 0 Å². The molecule has 2 aromatic carbocycles. The van der Waals surface area contributed by atoms with E-state index in [2.05, 4.69) is 0 Å². The van der Waals surface area contributed by atoms with E-state index in [0.717, 1.165) is 9.87 Å². The van der Waals surface area contributed by atoms with Crippen molar-refractivity contribution in [3.05, 3.63) is 58.7 Å². The second-order valence-electron chi connectivity index (χ2n) is 6.96. The van der Waals surface area contributed by atoms with Gasteiger partial charge in [-0.25, -0.2) is 13.2 Å². The van der Waals surface area contributed by atoms with Crippen LogP contribution < -0.4 is 4.74 Å². The molecule has 0 aliphatic heterocycles. The SMILES string of the molecule is COC(=O)CN(C(C)c1c(C(=O)OC)ccc(OC)c1C)S(=O)(=O)c1ccc(C)cc1. The van der Waals surface area contributed by atoms with E-state index in [4.69, 9.17) is 14.2 Å². The summed E-state index contributed by atoms with van der Waals surface area (Å²) in [5.74, 6) is -0.888. The highest BCUT2D eigenvalue weighted by Crippen LogP contribution is 2.35. The van der Waals surface area contributed by atoms with E-state index in [0.29, 0.717) is 16.9 Å². The van der Waals surface area contributed by atoms with Gasteiger partial charge in [-0.2, -0.15) is 4.31 Å².